The number of anilines is 1. The van der Waals surface area contributed by atoms with E-state index in [9.17, 15) is 0 Å². The number of hydrogen-bond acceptors (Lipinski definition) is 4. The Morgan fingerprint density at radius 2 is 2.25 bits per heavy atom. The van der Waals surface area contributed by atoms with Crippen LogP contribution in [0.25, 0.3) is 11.0 Å². The predicted octanol–water partition coefficient (Wildman–Crippen LogP) is 3.49. The summed E-state index contributed by atoms with van der Waals surface area (Å²) in [5.74, 6) is 1.29. The van der Waals surface area contributed by atoms with Crippen molar-refractivity contribution in [2.45, 2.75) is 19.4 Å². The zero-order valence-corrected chi connectivity index (χ0v) is 12.4. The maximum atomic E-state index is 6.11. The lowest BCUT2D eigenvalue weighted by atomic mass is 10.1. The van der Waals surface area contributed by atoms with E-state index in [0.29, 0.717) is 5.95 Å². The summed E-state index contributed by atoms with van der Waals surface area (Å²) < 4.78 is 7.43. The fraction of sp³-hybridized carbons (Fsp3) is 0.267. The van der Waals surface area contributed by atoms with Crippen LogP contribution in [0.1, 0.15) is 18.5 Å². The molecule has 0 spiro atoms. The van der Waals surface area contributed by atoms with E-state index in [1.807, 2.05) is 18.2 Å². The third-order valence-corrected chi connectivity index (χ3v) is 4.21. The minimum Gasteiger partial charge on any atom is -0.494 e. The molecule has 20 heavy (non-hydrogen) atoms. The first-order chi connectivity index (χ1) is 9.70. The van der Waals surface area contributed by atoms with Crippen LogP contribution < -0.4 is 10.5 Å². The molecular formula is C15H17N3OS. The Morgan fingerprint density at radius 1 is 1.40 bits per heavy atom. The SMILES string of the molecule is COc1cccc2c1nc(N)n2C(C)Cc1ccsc1. The molecule has 4 nitrogen and oxygen atoms in total. The highest BCUT2D eigenvalue weighted by Crippen LogP contribution is 2.30. The number of nitrogens with two attached hydrogens (primary N) is 1. The van der Waals surface area contributed by atoms with E-state index in [0.717, 1.165) is 23.2 Å². The summed E-state index contributed by atoms with van der Waals surface area (Å²) in [6.45, 7) is 2.16. The fourth-order valence-corrected chi connectivity index (χ4v) is 3.26. The number of thiophene rings is 1. The van der Waals surface area contributed by atoms with Crippen LogP contribution in [0.3, 0.4) is 0 Å². The Kier molecular flexibility index (Phi) is 3.36. The molecule has 104 valence electrons. The second-order valence-electron chi connectivity index (χ2n) is 4.85. The van der Waals surface area contributed by atoms with Crippen LogP contribution in [0.4, 0.5) is 5.95 Å². The second kappa shape index (κ2) is 5.17. The molecule has 3 aromatic rings. The van der Waals surface area contributed by atoms with E-state index in [1.165, 1.54) is 5.56 Å². The second-order valence-corrected chi connectivity index (χ2v) is 5.63. The molecular weight excluding hydrogens is 270 g/mol. The summed E-state index contributed by atoms with van der Waals surface area (Å²) in [6, 6.07) is 8.31. The van der Waals surface area contributed by atoms with Crippen molar-refractivity contribution in [3.8, 4) is 5.75 Å². The molecule has 0 radical (unpaired) electrons. The van der Waals surface area contributed by atoms with Crippen molar-refractivity contribution < 1.29 is 4.74 Å². The largest absolute Gasteiger partial charge is 0.494 e. The lowest BCUT2D eigenvalue weighted by molar-refractivity contribution is 0.419. The van der Waals surface area contributed by atoms with Crippen LogP contribution in [0.2, 0.25) is 0 Å². The smallest absolute Gasteiger partial charge is 0.201 e. The van der Waals surface area contributed by atoms with Crippen LogP contribution in [-0.2, 0) is 6.42 Å². The van der Waals surface area contributed by atoms with Gasteiger partial charge in [0.1, 0.15) is 11.3 Å². The van der Waals surface area contributed by atoms with Gasteiger partial charge < -0.3 is 15.0 Å². The van der Waals surface area contributed by atoms with Gasteiger partial charge in [-0.25, -0.2) is 4.98 Å². The lowest BCUT2D eigenvalue weighted by Crippen LogP contribution is -2.11. The zero-order valence-electron chi connectivity index (χ0n) is 11.5. The third-order valence-electron chi connectivity index (χ3n) is 3.48. The van der Waals surface area contributed by atoms with Crippen LogP contribution >= 0.6 is 11.3 Å². The van der Waals surface area contributed by atoms with Gasteiger partial charge in [-0.2, -0.15) is 11.3 Å². The van der Waals surface area contributed by atoms with Crippen LogP contribution in [0.15, 0.2) is 35.0 Å². The van der Waals surface area contributed by atoms with Gasteiger partial charge in [0, 0.05) is 6.04 Å². The van der Waals surface area contributed by atoms with Gasteiger partial charge in [0.2, 0.25) is 5.95 Å². The van der Waals surface area contributed by atoms with Crippen LogP contribution in [0, 0.1) is 0 Å². The average Bonchev–Trinajstić information content (AvgIpc) is 3.04. The van der Waals surface area contributed by atoms with Crippen molar-refractivity contribution in [2.24, 2.45) is 0 Å². The topological polar surface area (TPSA) is 53.1 Å². The number of fused-ring (bicyclic) bond motifs is 1. The molecule has 1 aromatic carbocycles. The Morgan fingerprint density at radius 3 is 2.95 bits per heavy atom. The van der Waals surface area contributed by atoms with E-state index in [4.69, 9.17) is 10.5 Å². The van der Waals surface area contributed by atoms with E-state index >= 15 is 0 Å². The van der Waals surface area contributed by atoms with Crippen molar-refractivity contribution in [1.29, 1.82) is 0 Å². The van der Waals surface area contributed by atoms with E-state index in [2.05, 4.69) is 33.3 Å². The average molecular weight is 287 g/mol. The molecule has 0 aliphatic rings. The number of hydrogen-bond donors (Lipinski definition) is 1. The molecule has 0 saturated heterocycles. The maximum Gasteiger partial charge on any atom is 0.201 e. The molecule has 1 unspecified atom stereocenters. The number of ether oxygens (including phenoxy) is 1. The van der Waals surface area contributed by atoms with Crippen molar-refractivity contribution in [3.05, 3.63) is 40.6 Å². The number of methoxy groups -OCH3 is 1. The third kappa shape index (κ3) is 2.14. The summed E-state index contributed by atoms with van der Waals surface area (Å²) in [5, 5.41) is 4.27. The normalized spacial score (nSPS) is 12.7. The van der Waals surface area contributed by atoms with E-state index < -0.39 is 0 Å². The zero-order chi connectivity index (χ0) is 14.1. The highest BCUT2D eigenvalue weighted by Gasteiger charge is 2.16. The number of nitrogen functional groups attached to an aromatic ring is 1. The maximum absolute atomic E-state index is 6.11. The fourth-order valence-electron chi connectivity index (χ4n) is 2.58. The van der Waals surface area contributed by atoms with E-state index in [1.54, 1.807) is 18.4 Å². The number of rotatable bonds is 4. The summed E-state index contributed by atoms with van der Waals surface area (Å²) >= 11 is 1.72. The van der Waals surface area contributed by atoms with Gasteiger partial charge in [0.15, 0.2) is 0 Å². The van der Waals surface area contributed by atoms with Crippen molar-refractivity contribution >= 4 is 28.3 Å². The molecule has 2 heterocycles. The molecule has 0 bridgehead atoms. The number of imidazole rings is 1. The van der Waals surface area contributed by atoms with Gasteiger partial charge in [-0.05, 0) is 47.9 Å². The molecule has 0 amide bonds. The Labute approximate surface area is 121 Å². The lowest BCUT2D eigenvalue weighted by Gasteiger charge is -2.15. The van der Waals surface area contributed by atoms with Crippen molar-refractivity contribution in [3.63, 3.8) is 0 Å². The van der Waals surface area contributed by atoms with Crippen LogP contribution in [-0.4, -0.2) is 16.7 Å². The van der Waals surface area contributed by atoms with Gasteiger partial charge >= 0.3 is 0 Å². The number of benzene rings is 1. The highest BCUT2D eigenvalue weighted by molar-refractivity contribution is 7.07. The first-order valence-electron chi connectivity index (χ1n) is 6.52. The Balaban J connectivity index is 2.04. The van der Waals surface area contributed by atoms with Gasteiger partial charge in [0.25, 0.3) is 0 Å². The quantitative estimate of drug-likeness (QED) is 0.799. The molecule has 0 fully saturated rings. The Hall–Kier alpha value is -2.01. The number of aromatic nitrogens is 2. The van der Waals surface area contributed by atoms with Gasteiger partial charge in [-0.15, -0.1) is 0 Å². The number of nitrogens with zero attached hydrogens (tertiary/aromatic N) is 2. The predicted molar refractivity (Wildman–Crippen MR) is 83.4 cm³/mol. The molecule has 5 heteroatoms. The van der Waals surface area contributed by atoms with E-state index in [-0.39, 0.29) is 6.04 Å². The summed E-state index contributed by atoms with van der Waals surface area (Å²) in [5.41, 5.74) is 9.27. The van der Waals surface area contributed by atoms with Crippen molar-refractivity contribution in [1.82, 2.24) is 9.55 Å². The monoisotopic (exact) mass is 287 g/mol. The molecule has 0 aliphatic carbocycles. The molecule has 0 aliphatic heterocycles. The summed E-state index contributed by atoms with van der Waals surface area (Å²) in [7, 11) is 1.65. The minimum absolute atomic E-state index is 0.252. The van der Waals surface area contributed by atoms with Crippen LogP contribution in [0.5, 0.6) is 5.75 Å². The first kappa shape index (κ1) is 13.0. The molecule has 3 rings (SSSR count). The highest BCUT2D eigenvalue weighted by atomic mass is 32.1. The first-order valence-corrected chi connectivity index (χ1v) is 7.46. The van der Waals surface area contributed by atoms with Gasteiger partial charge in [-0.3, -0.25) is 0 Å². The summed E-state index contributed by atoms with van der Waals surface area (Å²) in [6.07, 6.45) is 0.941. The standard InChI is InChI=1S/C15H17N3OS/c1-10(8-11-6-7-20-9-11)18-12-4-3-5-13(19-2)14(12)17-15(18)16/h3-7,9-10H,8H2,1-2H3,(H2,16,17). The summed E-state index contributed by atoms with van der Waals surface area (Å²) in [4.78, 5) is 4.45. The molecule has 2 aromatic heterocycles. The number of para-hydroxylation sites is 1. The molecule has 0 saturated carbocycles. The van der Waals surface area contributed by atoms with Gasteiger partial charge in [0.05, 0.1) is 12.6 Å². The van der Waals surface area contributed by atoms with Crippen molar-refractivity contribution in [2.75, 3.05) is 12.8 Å². The molecule has 2 N–H and O–H groups in total. The molecule has 1 atom stereocenters. The Bertz CT molecular complexity index is 718. The van der Waals surface area contributed by atoms with Gasteiger partial charge in [-0.1, -0.05) is 6.07 Å². The minimum atomic E-state index is 0.252.